The van der Waals surface area contributed by atoms with Crippen molar-refractivity contribution < 1.29 is 5.11 Å². The molecule has 2 aromatic rings. The smallest absolute Gasteiger partial charge is 0.132 e. The number of aromatic nitrogens is 2. The van der Waals surface area contributed by atoms with Gasteiger partial charge in [0.05, 0.1) is 11.9 Å². The zero-order valence-electron chi connectivity index (χ0n) is 9.97. The van der Waals surface area contributed by atoms with Gasteiger partial charge in [-0.3, -0.25) is 0 Å². The molecule has 2 rings (SSSR count). The van der Waals surface area contributed by atoms with E-state index < -0.39 is 0 Å². The highest BCUT2D eigenvalue weighted by molar-refractivity contribution is 7.99. The van der Waals surface area contributed by atoms with Gasteiger partial charge in [0.2, 0.25) is 0 Å². The molecule has 0 unspecified atom stereocenters. The van der Waals surface area contributed by atoms with Gasteiger partial charge in [-0.1, -0.05) is 26.0 Å². The Morgan fingerprint density at radius 2 is 2.00 bits per heavy atom. The van der Waals surface area contributed by atoms with Crippen LogP contribution >= 0.6 is 11.8 Å². The lowest BCUT2D eigenvalue weighted by atomic mass is 10.2. The molecular weight excluding hydrogens is 232 g/mol. The maximum absolute atomic E-state index is 8.94. The van der Waals surface area contributed by atoms with Gasteiger partial charge in [-0.15, -0.1) is 11.8 Å². The highest BCUT2D eigenvalue weighted by Gasteiger charge is 2.03. The summed E-state index contributed by atoms with van der Waals surface area (Å²) < 4.78 is 0. The van der Waals surface area contributed by atoms with E-state index in [0.29, 0.717) is 11.1 Å². The van der Waals surface area contributed by atoms with Crippen LogP contribution in [0.2, 0.25) is 0 Å². The Morgan fingerprint density at radius 1 is 1.29 bits per heavy atom. The van der Waals surface area contributed by atoms with E-state index in [1.165, 1.54) is 4.90 Å². The van der Waals surface area contributed by atoms with Crippen LogP contribution in [0.4, 0.5) is 0 Å². The summed E-state index contributed by atoms with van der Waals surface area (Å²) >= 11 is 1.85. The number of aliphatic hydroxyl groups is 1. The van der Waals surface area contributed by atoms with Gasteiger partial charge in [0.25, 0.3) is 0 Å². The van der Waals surface area contributed by atoms with E-state index in [4.69, 9.17) is 5.11 Å². The predicted molar refractivity (Wildman–Crippen MR) is 70.9 cm³/mol. The van der Waals surface area contributed by atoms with Gasteiger partial charge in [-0.05, 0) is 17.7 Å². The molecule has 90 valence electrons. The van der Waals surface area contributed by atoms with Gasteiger partial charge < -0.3 is 10.1 Å². The average molecular weight is 248 g/mol. The summed E-state index contributed by atoms with van der Waals surface area (Å²) in [5.41, 5.74) is 2.03. The second-order valence-electron chi connectivity index (χ2n) is 4.09. The van der Waals surface area contributed by atoms with Crippen molar-refractivity contribution in [1.82, 2.24) is 9.97 Å². The van der Waals surface area contributed by atoms with Crippen LogP contribution in [0.1, 0.15) is 19.7 Å². The number of benzene rings is 1. The molecule has 1 aromatic carbocycles. The first kappa shape index (κ1) is 12.2. The van der Waals surface area contributed by atoms with Crippen LogP contribution in [0.5, 0.6) is 0 Å². The van der Waals surface area contributed by atoms with Crippen LogP contribution < -0.4 is 0 Å². The van der Waals surface area contributed by atoms with Crippen molar-refractivity contribution in [2.24, 2.45) is 0 Å². The second kappa shape index (κ2) is 5.38. The minimum Gasteiger partial charge on any atom is -0.388 e. The third kappa shape index (κ3) is 3.11. The molecular formula is C13H16N2OS. The van der Waals surface area contributed by atoms with Crippen molar-refractivity contribution in [3.05, 3.63) is 36.3 Å². The maximum Gasteiger partial charge on any atom is 0.132 e. The minimum absolute atomic E-state index is 0.0543. The molecule has 1 aromatic heterocycles. The molecule has 0 aliphatic carbocycles. The molecule has 0 saturated carbocycles. The molecule has 0 amide bonds. The van der Waals surface area contributed by atoms with Crippen LogP contribution in [0.3, 0.4) is 0 Å². The first-order chi connectivity index (χ1) is 8.19. The molecule has 4 heteroatoms. The van der Waals surface area contributed by atoms with Crippen LogP contribution in [0.15, 0.2) is 35.4 Å². The molecule has 0 atom stereocenters. The Hall–Kier alpha value is -1.26. The number of nitrogens with zero attached hydrogens (tertiary/aromatic N) is 1. The van der Waals surface area contributed by atoms with E-state index in [2.05, 4.69) is 48.1 Å². The van der Waals surface area contributed by atoms with Gasteiger partial charge >= 0.3 is 0 Å². The van der Waals surface area contributed by atoms with Gasteiger partial charge in [-0.25, -0.2) is 4.98 Å². The number of rotatable bonds is 4. The molecule has 0 saturated heterocycles. The van der Waals surface area contributed by atoms with Crippen molar-refractivity contribution in [2.75, 3.05) is 0 Å². The van der Waals surface area contributed by atoms with E-state index >= 15 is 0 Å². The average Bonchev–Trinajstić information content (AvgIpc) is 2.78. The lowest BCUT2D eigenvalue weighted by molar-refractivity contribution is 0.272. The Morgan fingerprint density at radius 3 is 2.53 bits per heavy atom. The van der Waals surface area contributed by atoms with Crippen LogP contribution in [0.25, 0.3) is 11.3 Å². The van der Waals surface area contributed by atoms with Gasteiger partial charge in [0.15, 0.2) is 0 Å². The molecule has 0 radical (unpaired) electrons. The zero-order valence-corrected chi connectivity index (χ0v) is 10.8. The molecule has 3 nitrogen and oxygen atoms in total. The summed E-state index contributed by atoms with van der Waals surface area (Å²) in [7, 11) is 0. The molecule has 1 heterocycles. The SMILES string of the molecule is CC(C)Sc1ccc(-c2cnc(CO)[nH]2)cc1. The third-order valence-electron chi connectivity index (χ3n) is 2.32. The summed E-state index contributed by atoms with van der Waals surface area (Å²) in [5, 5.41) is 9.54. The number of nitrogens with one attached hydrogen (secondary N) is 1. The number of hydrogen-bond acceptors (Lipinski definition) is 3. The standard InChI is InChI=1S/C13H16N2OS/c1-9(2)17-11-5-3-10(4-6-11)12-7-14-13(8-16)15-12/h3-7,9,16H,8H2,1-2H3,(H,14,15). The molecule has 0 aliphatic rings. The van der Waals surface area contributed by atoms with Crippen molar-refractivity contribution in [1.29, 1.82) is 0 Å². The number of thioether (sulfide) groups is 1. The fourth-order valence-electron chi connectivity index (χ4n) is 1.57. The highest BCUT2D eigenvalue weighted by atomic mass is 32.2. The summed E-state index contributed by atoms with van der Waals surface area (Å²) in [5.74, 6) is 0.598. The van der Waals surface area contributed by atoms with Crippen LogP contribution in [-0.4, -0.2) is 20.3 Å². The fourth-order valence-corrected chi connectivity index (χ4v) is 2.41. The molecule has 0 aliphatic heterocycles. The number of aromatic amines is 1. The number of imidazole rings is 1. The predicted octanol–water partition coefficient (Wildman–Crippen LogP) is 3.07. The highest BCUT2D eigenvalue weighted by Crippen LogP contribution is 2.25. The quantitative estimate of drug-likeness (QED) is 0.817. The van der Waals surface area contributed by atoms with Gasteiger partial charge in [-0.2, -0.15) is 0 Å². The molecule has 2 N–H and O–H groups in total. The second-order valence-corrected chi connectivity index (χ2v) is 5.74. The Labute approximate surface area is 105 Å². The maximum atomic E-state index is 8.94. The van der Waals surface area contributed by atoms with Crippen LogP contribution in [0, 0.1) is 0 Å². The Bertz CT molecular complexity index is 476. The minimum atomic E-state index is -0.0543. The summed E-state index contributed by atoms with van der Waals surface area (Å²) in [6.07, 6.45) is 1.75. The zero-order chi connectivity index (χ0) is 12.3. The molecule has 0 bridgehead atoms. The first-order valence-corrected chi connectivity index (χ1v) is 6.49. The van der Waals surface area contributed by atoms with Crippen molar-refractivity contribution in [3.63, 3.8) is 0 Å². The van der Waals surface area contributed by atoms with Crippen molar-refractivity contribution in [3.8, 4) is 11.3 Å². The lowest BCUT2D eigenvalue weighted by Crippen LogP contribution is -1.86. The van der Waals surface area contributed by atoms with Crippen LogP contribution in [-0.2, 0) is 6.61 Å². The monoisotopic (exact) mass is 248 g/mol. The molecule has 0 fully saturated rings. The topological polar surface area (TPSA) is 48.9 Å². The first-order valence-electron chi connectivity index (χ1n) is 5.61. The van der Waals surface area contributed by atoms with E-state index in [1.807, 2.05) is 11.8 Å². The number of hydrogen-bond donors (Lipinski definition) is 2. The lowest BCUT2D eigenvalue weighted by Gasteiger charge is -2.05. The van der Waals surface area contributed by atoms with Crippen molar-refractivity contribution >= 4 is 11.8 Å². The largest absolute Gasteiger partial charge is 0.388 e. The number of aliphatic hydroxyl groups excluding tert-OH is 1. The van der Waals surface area contributed by atoms with E-state index in [0.717, 1.165) is 11.3 Å². The van der Waals surface area contributed by atoms with Gasteiger partial charge in [0.1, 0.15) is 12.4 Å². The molecule has 17 heavy (non-hydrogen) atoms. The molecule has 0 spiro atoms. The summed E-state index contributed by atoms with van der Waals surface area (Å²) in [6.45, 7) is 4.31. The van der Waals surface area contributed by atoms with E-state index in [-0.39, 0.29) is 6.61 Å². The fraction of sp³-hybridized carbons (Fsp3) is 0.308. The Kier molecular flexibility index (Phi) is 3.86. The normalized spacial score (nSPS) is 11.1. The van der Waals surface area contributed by atoms with Crippen molar-refractivity contribution in [2.45, 2.75) is 30.6 Å². The number of H-pyrrole nitrogens is 1. The third-order valence-corrected chi connectivity index (χ3v) is 3.33. The Balaban J connectivity index is 2.17. The summed E-state index contributed by atoms with van der Waals surface area (Å²) in [6, 6.07) is 8.36. The van der Waals surface area contributed by atoms with E-state index in [1.54, 1.807) is 6.20 Å². The van der Waals surface area contributed by atoms with Gasteiger partial charge in [0, 0.05) is 10.1 Å². The summed E-state index contributed by atoms with van der Waals surface area (Å²) in [4.78, 5) is 8.41. The van der Waals surface area contributed by atoms with E-state index in [9.17, 15) is 0 Å².